The van der Waals surface area contributed by atoms with Crippen molar-refractivity contribution in [3.63, 3.8) is 0 Å². The zero-order valence-corrected chi connectivity index (χ0v) is 6.03. The van der Waals surface area contributed by atoms with Crippen LogP contribution in [0.15, 0.2) is 25.3 Å². The first-order valence-electron chi connectivity index (χ1n) is 3.28. The molecule has 2 nitrogen and oxygen atoms in total. The molecule has 0 saturated heterocycles. The van der Waals surface area contributed by atoms with E-state index < -0.39 is 6.10 Å². The number of aliphatic hydroxyl groups excluding tert-OH is 2. The van der Waals surface area contributed by atoms with Gasteiger partial charge in [0.25, 0.3) is 0 Å². The SMILES string of the molecule is C=CC[C@@H](C=C)[C@H](O)CO. The molecule has 0 spiro atoms. The van der Waals surface area contributed by atoms with Gasteiger partial charge < -0.3 is 10.2 Å². The molecule has 0 radical (unpaired) electrons. The number of hydrogen-bond donors (Lipinski definition) is 2. The van der Waals surface area contributed by atoms with E-state index in [1.807, 2.05) is 0 Å². The van der Waals surface area contributed by atoms with Crippen molar-refractivity contribution < 1.29 is 10.2 Å². The molecule has 58 valence electrons. The Labute approximate surface area is 61.5 Å². The van der Waals surface area contributed by atoms with Crippen molar-refractivity contribution in [2.75, 3.05) is 6.61 Å². The quantitative estimate of drug-likeness (QED) is 0.555. The highest BCUT2D eigenvalue weighted by Crippen LogP contribution is 2.09. The van der Waals surface area contributed by atoms with E-state index in [9.17, 15) is 0 Å². The zero-order chi connectivity index (χ0) is 7.98. The highest BCUT2D eigenvalue weighted by molar-refractivity contribution is 4.89. The Bertz CT molecular complexity index is 110. The molecular formula is C8H14O2. The largest absolute Gasteiger partial charge is 0.394 e. The van der Waals surface area contributed by atoms with Crippen LogP contribution in [0.3, 0.4) is 0 Å². The van der Waals surface area contributed by atoms with Crippen molar-refractivity contribution in [2.24, 2.45) is 5.92 Å². The second-order valence-corrected chi connectivity index (χ2v) is 2.17. The number of aliphatic hydroxyl groups is 2. The van der Waals surface area contributed by atoms with Crippen LogP contribution in [0.25, 0.3) is 0 Å². The van der Waals surface area contributed by atoms with E-state index in [1.54, 1.807) is 12.2 Å². The van der Waals surface area contributed by atoms with Crippen LogP contribution in [0.1, 0.15) is 6.42 Å². The van der Waals surface area contributed by atoms with E-state index in [4.69, 9.17) is 10.2 Å². The smallest absolute Gasteiger partial charge is 0.0836 e. The van der Waals surface area contributed by atoms with Crippen molar-refractivity contribution in [2.45, 2.75) is 12.5 Å². The third kappa shape index (κ3) is 2.80. The van der Waals surface area contributed by atoms with Gasteiger partial charge in [-0.1, -0.05) is 12.2 Å². The summed E-state index contributed by atoms with van der Waals surface area (Å²) in [5.74, 6) is -0.0671. The first-order valence-corrected chi connectivity index (χ1v) is 3.28. The van der Waals surface area contributed by atoms with Gasteiger partial charge in [0.05, 0.1) is 12.7 Å². The number of rotatable bonds is 5. The summed E-state index contributed by atoms with van der Waals surface area (Å²) in [7, 11) is 0. The Morgan fingerprint density at radius 1 is 1.40 bits per heavy atom. The minimum absolute atomic E-state index is 0.0671. The van der Waals surface area contributed by atoms with Gasteiger partial charge in [-0.3, -0.25) is 0 Å². The maximum atomic E-state index is 9.08. The monoisotopic (exact) mass is 142 g/mol. The van der Waals surface area contributed by atoms with Crippen LogP contribution >= 0.6 is 0 Å². The first-order chi connectivity index (χ1) is 4.76. The second-order valence-electron chi connectivity index (χ2n) is 2.17. The molecule has 0 unspecified atom stereocenters. The van der Waals surface area contributed by atoms with Crippen molar-refractivity contribution >= 4 is 0 Å². The highest BCUT2D eigenvalue weighted by Gasteiger charge is 2.11. The molecule has 0 aliphatic carbocycles. The van der Waals surface area contributed by atoms with E-state index in [2.05, 4.69) is 13.2 Å². The predicted octanol–water partition coefficient (Wildman–Crippen LogP) is 0.718. The summed E-state index contributed by atoms with van der Waals surface area (Å²) in [6.45, 7) is 6.84. The summed E-state index contributed by atoms with van der Waals surface area (Å²) < 4.78 is 0. The van der Waals surface area contributed by atoms with Crippen molar-refractivity contribution in [3.8, 4) is 0 Å². The Balaban J connectivity index is 3.78. The lowest BCUT2D eigenvalue weighted by molar-refractivity contribution is 0.0639. The van der Waals surface area contributed by atoms with Crippen LogP contribution < -0.4 is 0 Å². The summed E-state index contributed by atoms with van der Waals surface area (Å²) in [5.41, 5.74) is 0. The Morgan fingerprint density at radius 2 is 2.00 bits per heavy atom. The molecule has 0 aromatic rings. The van der Waals surface area contributed by atoms with Gasteiger partial charge in [0.1, 0.15) is 0 Å². The molecule has 0 aliphatic rings. The number of allylic oxidation sites excluding steroid dienone is 1. The van der Waals surface area contributed by atoms with Gasteiger partial charge in [-0.25, -0.2) is 0 Å². The van der Waals surface area contributed by atoms with Gasteiger partial charge >= 0.3 is 0 Å². The molecule has 0 heterocycles. The minimum atomic E-state index is -0.699. The fourth-order valence-corrected chi connectivity index (χ4v) is 0.738. The Kier molecular flexibility index (Phi) is 4.89. The lowest BCUT2D eigenvalue weighted by Gasteiger charge is -2.14. The fourth-order valence-electron chi connectivity index (χ4n) is 0.738. The van der Waals surface area contributed by atoms with Gasteiger partial charge in [0.15, 0.2) is 0 Å². The summed E-state index contributed by atoms with van der Waals surface area (Å²) in [6, 6.07) is 0. The molecule has 0 fully saturated rings. The molecule has 0 amide bonds. The summed E-state index contributed by atoms with van der Waals surface area (Å²) in [4.78, 5) is 0. The highest BCUT2D eigenvalue weighted by atomic mass is 16.3. The molecule has 2 N–H and O–H groups in total. The van der Waals surface area contributed by atoms with Crippen molar-refractivity contribution in [1.29, 1.82) is 0 Å². The van der Waals surface area contributed by atoms with Crippen LogP contribution in [0, 0.1) is 5.92 Å². The summed E-state index contributed by atoms with van der Waals surface area (Å²) in [6.07, 6.45) is 3.29. The van der Waals surface area contributed by atoms with Gasteiger partial charge in [-0.2, -0.15) is 0 Å². The molecule has 0 saturated carbocycles. The summed E-state index contributed by atoms with van der Waals surface area (Å²) in [5, 5.41) is 17.6. The Hall–Kier alpha value is -0.600. The molecule has 2 heteroatoms. The fraction of sp³-hybridized carbons (Fsp3) is 0.500. The zero-order valence-electron chi connectivity index (χ0n) is 6.03. The molecule has 0 aliphatic heterocycles. The van der Waals surface area contributed by atoms with E-state index in [0.717, 1.165) is 0 Å². The Morgan fingerprint density at radius 3 is 2.30 bits per heavy atom. The van der Waals surface area contributed by atoms with E-state index >= 15 is 0 Å². The average Bonchev–Trinajstić information content (AvgIpc) is 1.99. The van der Waals surface area contributed by atoms with E-state index in [0.29, 0.717) is 6.42 Å². The lowest BCUT2D eigenvalue weighted by atomic mass is 9.99. The van der Waals surface area contributed by atoms with Crippen LogP contribution in [0.5, 0.6) is 0 Å². The average molecular weight is 142 g/mol. The summed E-state index contributed by atoms with van der Waals surface area (Å²) >= 11 is 0. The standard InChI is InChI=1S/C8H14O2/c1-3-5-7(4-2)8(10)6-9/h3-4,7-10H,1-2,5-6H2/t7-,8-/m1/s1. The molecule has 0 aromatic heterocycles. The molecule has 0 rings (SSSR count). The second kappa shape index (κ2) is 5.21. The van der Waals surface area contributed by atoms with Gasteiger partial charge in [0.2, 0.25) is 0 Å². The number of hydrogen-bond acceptors (Lipinski definition) is 2. The van der Waals surface area contributed by atoms with Crippen molar-refractivity contribution in [1.82, 2.24) is 0 Å². The topological polar surface area (TPSA) is 40.5 Å². The molecule has 2 atom stereocenters. The minimum Gasteiger partial charge on any atom is -0.394 e. The lowest BCUT2D eigenvalue weighted by Crippen LogP contribution is -2.21. The predicted molar refractivity (Wildman–Crippen MR) is 41.6 cm³/mol. The van der Waals surface area contributed by atoms with E-state index in [1.165, 1.54) is 0 Å². The third-order valence-corrected chi connectivity index (χ3v) is 1.42. The molecular weight excluding hydrogens is 128 g/mol. The van der Waals surface area contributed by atoms with Gasteiger partial charge in [-0.15, -0.1) is 13.2 Å². The van der Waals surface area contributed by atoms with Gasteiger partial charge in [0, 0.05) is 5.92 Å². The molecule has 10 heavy (non-hydrogen) atoms. The van der Waals surface area contributed by atoms with Crippen LogP contribution in [0.4, 0.5) is 0 Å². The molecule has 0 aromatic carbocycles. The van der Waals surface area contributed by atoms with Crippen LogP contribution in [-0.2, 0) is 0 Å². The van der Waals surface area contributed by atoms with E-state index in [-0.39, 0.29) is 12.5 Å². The van der Waals surface area contributed by atoms with Crippen LogP contribution in [-0.4, -0.2) is 22.9 Å². The molecule has 0 bridgehead atoms. The first kappa shape index (κ1) is 9.40. The maximum absolute atomic E-state index is 9.08. The van der Waals surface area contributed by atoms with Crippen LogP contribution in [0.2, 0.25) is 0 Å². The van der Waals surface area contributed by atoms with Gasteiger partial charge in [-0.05, 0) is 6.42 Å². The normalized spacial score (nSPS) is 15.8. The van der Waals surface area contributed by atoms with Crippen molar-refractivity contribution in [3.05, 3.63) is 25.3 Å². The maximum Gasteiger partial charge on any atom is 0.0836 e. The third-order valence-electron chi connectivity index (χ3n) is 1.42.